The number of hydrogen-bond donors (Lipinski definition) is 1. The Kier molecular flexibility index (Phi) is 3.42. The molecule has 2 fully saturated rings. The van der Waals surface area contributed by atoms with E-state index in [0.29, 0.717) is 6.04 Å². The predicted octanol–water partition coefficient (Wildman–Crippen LogP) is 0.973. The maximum atomic E-state index is 11.6. The van der Waals surface area contributed by atoms with Gasteiger partial charge in [0.15, 0.2) is 0 Å². The maximum Gasteiger partial charge on any atom is 0.317 e. The van der Waals surface area contributed by atoms with Crippen LogP contribution in [0.2, 0.25) is 0 Å². The zero-order chi connectivity index (χ0) is 13.2. The van der Waals surface area contributed by atoms with E-state index in [1.807, 2.05) is 17.9 Å². The Morgan fingerprint density at radius 2 is 2.21 bits per heavy atom. The molecule has 2 aliphatic heterocycles. The number of nitrogens with one attached hydrogen (secondary N) is 1. The van der Waals surface area contributed by atoms with Crippen LogP contribution in [0.25, 0.3) is 0 Å². The summed E-state index contributed by atoms with van der Waals surface area (Å²) < 4.78 is 5.08. The minimum atomic E-state index is 0.102. The molecule has 0 radical (unpaired) electrons. The number of aromatic nitrogens is 1. The molecule has 104 valence electrons. The van der Waals surface area contributed by atoms with Crippen molar-refractivity contribution in [2.45, 2.75) is 32.4 Å². The quantitative estimate of drug-likeness (QED) is 0.883. The van der Waals surface area contributed by atoms with Crippen LogP contribution < -0.4 is 5.32 Å². The third kappa shape index (κ3) is 2.73. The van der Waals surface area contributed by atoms with Crippen LogP contribution in [-0.4, -0.2) is 53.2 Å². The molecule has 2 aliphatic rings. The lowest BCUT2D eigenvalue weighted by molar-refractivity contribution is 0.130. The van der Waals surface area contributed by atoms with Crippen molar-refractivity contribution in [1.29, 1.82) is 0 Å². The van der Waals surface area contributed by atoms with Gasteiger partial charge in [-0.1, -0.05) is 5.16 Å². The van der Waals surface area contributed by atoms with E-state index in [1.54, 1.807) is 0 Å². The van der Waals surface area contributed by atoms with Gasteiger partial charge in [-0.2, -0.15) is 0 Å². The first kappa shape index (κ1) is 12.5. The Balaban J connectivity index is 1.50. The summed E-state index contributed by atoms with van der Waals surface area (Å²) in [6.07, 6.45) is 2.09. The number of amides is 2. The van der Waals surface area contributed by atoms with E-state index in [9.17, 15) is 4.79 Å². The smallest absolute Gasteiger partial charge is 0.317 e. The van der Waals surface area contributed by atoms with Gasteiger partial charge < -0.3 is 14.7 Å². The first-order chi connectivity index (χ1) is 9.22. The molecule has 0 aliphatic carbocycles. The van der Waals surface area contributed by atoms with E-state index in [1.165, 1.54) is 0 Å². The molecule has 2 saturated heterocycles. The van der Waals surface area contributed by atoms with Crippen LogP contribution in [0.4, 0.5) is 4.79 Å². The molecule has 6 heteroatoms. The number of rotatable bonds is 3. The normalized spacial score (nSPS) is 21.9. The van der Waals surface area contributed by atoms with Crippen molar-refractivity contribution in [1.82, 2.24) is 20.3 Å². The first-order valence-electron chi connectivity index (χ1n) is 6.91. The fourth-order valence-electron chi connectivity index (χ4n) is 2.95. The van der Waals surface area contributed by atoms with Gasteiger partial charge in [0.25, 0.3) is 0 Å². The molecular weight excluding hydrogens is 244 g/mol. The zero-order valence-corrected chi connectivity index (χ0v) is 11.3. The molecule has 3 rings (SSSR count). The van der Waals surface area contributed by atoms with E-state index in [2.05, 4.69) is 15.4 Å². The summed E-state index contributed by atoms with van der Waals surface area (Å²) in [4.78, 5) is 16.0. The minimum absolute atomic E-state index is 0.102. The number of carbonyl (C=O) groups excluding carboxylic acids is 1. The molecule has 19 heavy (non-hydrogen) atoms. The monoisotopic (exact) mass is 264 g/mol. The first-order valence-corrected chi connectivity index (χ1v) is 6.91. The Bertz CT molecular complexity index is 451. The highest BCUT2D eigenvalue weighted by Gasteiger charge is 2.30. The predicted molar refractivity (Wildman–Crippen MR) is 69.6 cm³/mol. The molecule has 2 amide bonds. The fraction of sp³-hybridized carbons (Fsp3) is 0.692. The van der Waals surface area contributed by atoms with Crippen LogP contribution in [0.5, 0.6) is 0 Å². The number of hydrogen-bond acceptors (Lipinski definition) is 4. The van der Waals surface area contributed by atoms with Crippen molar-refractivity contribution < 1.29 is 9.32 Å². The van der Waals surface area contributed by atoms with Crippen LogP contribution in [0.3, 0.4) is 0 Å². The second-order valence-electron chi connectivity index (χ2n) is 5.36. The van der Waals surface area contributed by atoms with Gasteiger partial charge in [0.1, 0.15) is 5.76 Å². The van der Waals surface area contributed by atoms with E-state index in [4.69, 9.17) is 4.52 Å². The lowest BCUT2D eigenvalue weighted by Crippen LogP contribution is -2.45. The van der Waals surface area contributed by atoms with Gasteiger partial charge in [-0.05, 0) is 19.8 Å². The Morgan fingerprint density at radius 3 is 2.79 bits per heavy atom. The lowest BCUT2D eigenvalue weighted by atomic mass is 10.0. The summed E-state index contributed by atoms with van der Waals surface area (Å²) in [5.41, 5.74) is 0.995. The van der Waals surface area contributed by atoms with Gasteiger partial charge in [0.2, 0.25) is 0 Å². The standard InChI is InChI=1S/C13H20N4O2/c1-10-8-11(15-19-10)9-16-5-2-12(3-6-16)17-7-4-14-13(17)18/h8,12H,2-7,9H2,1H3,(H,14,18). The maximum absolute atomic E-state index is 11.6. The summed E-state index contributed by atoms with van der Waals surface area (Å²) in [6, 6.07) is 2.49. The SMILES string of the molecule is Cc1cc(CN2CCC(N3CCNC3=O)CC2)no1. The van der Waals surface area contributed by atoms with Crippen molar-refractivity contribution in [3.05, 3.63) is 17.5 Å². The molecule has 0 saturated carbocycles. The van der Waals surface area contributed by atoms with Crippen molar-refractivity contribution in [3.8, 4) is 0 Å². The number of carbonyl (C=O) groups is 1. The van der Waals surface area contributed by atoms with E-state index >= 15 is 0 Å². The summed E-state index contributed by atoms with van der Waals surface area (Å²) >= 11 is 0. The molecule has 0 atom stereocenters. The van der Waals surface area contributed by atoms with Crippen molar-refractivity contribution in [3.63, 3.8) is 0 Å². The third-order valence-electron chi connectivity index (χ3n) is 3.95. The van der Waals surface area contributed by atoms with Gasteiger partial charge in [0, 0.05) is 44.8 Å². The van der Waals surface area contributed by atoms with E-state index in [-0.39, 0.29) is 6.03 Å². The molecule has 1 aromatic heterocycles. The molecule has 0 unspecified atom stereocenters. The van der Waals surface area contributed by atoms with Gasteiger partial charge in [-0.3, -0.25) is 4.90 Å². The highest BCUT2D eigenvalue weighted by Crippen LogP contribution is 2.19. The van der Waals surface area contributed by atoms with Gasteiger partial charge >= 0.3 is 6.03 Å². The molecule has 0 spiro atoms. The van der Waals surface area contributed by atoms with Gasteiger partial charge in [-0.15, -0.1) is 0 Å². The topological polar surface area (TPSA) is 61.6 Å². The van der Waals surface area contributed by atoms with Crippen LogP contribution in [0.15, 0.2) is 10.6 Å². The Morgan fingerprint density at radius 1 is 1.42 bits per heavy atom. The Hall–Kier alpha value is -1.56. The van der Waals surface area contributed by atoms with Crippen LogP contribution in [0, 0.1) is 6.92 Å². The average molecular weight is 264 g/mol. The molecule has 1 N–H and O–H groups in total. The number of piperidine rings is 1. The molecule has 1 aromatic rings. The molecule has 6 nitrogen and oxygen atoms in total. The summed E-state index contributed by atoms with van der Waals surface area (Å²) in [7, 11) is 0. The summed E-state index contributed by atoms with van der Waals surface area (Å²) in [5.74, 6) is 0.860. The van der Waals surface area contributed by atoms with Crippen LogP contribution in [0.1, 0.15) is 24.3 Å². The fourth-order valence-corrected chi connectivity index (χ4v) is 2.95. The second-order valence-corrected chi connectivity index (χ2v) is 5.36. The number of aryl methyl sites for hydroxylation is 1. The molecule has 3 heterocycles. The number of urea groups is 1. The zero-order valence-electron chi connectivity index (χ0n) is 11.3. The average Bonchev–Trinajstić information content (AvgIpc) is 3.00. The third-order valence-corrected chi connectivity index (χ3v) is 3.95. The second kappa shape index (κ2) is 5.21. The van der Waals surface area contributed by atoms with Crippen molar-refractivity contribution in [2.75, 3.05) is 26.2 Å². The molecule has 0 aromatic carbocycles. The van der Waals surface area contributed by atoms with Crippen molar-refractivity contribution in [2.24, 2.45) is 0 Å². The molecule has 0 bridgehead atoms. The summed E-state index contributed by atoms with van der Waals surface area (Å²) in [6.45, 7) is 6.43. The minimum Gasteiger partial charge on any atom is -0.361 e. The highest BCUT2D eigenvalue weighted by atomic mass is 16.5. The van der Waals surface area contributed by atoms with E-state index < -0.39 is 0 Å². The number of likely N-dealkylation sites (tertiary alicyclic amines) is 1. The Labute approximate surface area is 112 Å². The van der Waals surface area contributed by atoms with Crippen LogP contribution in [-0.2, 0) is 6.54 Å². The van der Waals surface area contributed by atoms with E-state index in [0.717, 1.165) is 57.0 Å². The summed E-state index contributed by atoms with van der Waals surface area (Å²) in [5, 5.41) is 6.90. The van der Waals surface area contributed by atoms with Crippen molar-refractivity contribution >= 4 is 6.03 Å². The molecular formula is C13H20N4O2. The lowest BCUT2D eigenvalue weighted by Gasteiger charge is -2.35. The highest BCUT2D eigenvalue weighted by molar-refractivity contribution is 5.76. The van der Waals surface area contributed by atoms with Crippen LogP contribution >= 0.6 is 0 Å². The number of nitrogens with zero attached hydrogens (tertiary/aromatic N) is 3. The largest absolute Gasteiger partial charge is 0.361 e. The van der Waals surface area contributed by atoms with Gasteiger partial charge in [-0.25, -0.2) is 4.79 Å². The van der Waals surface area contributed by atoms with Gasteiger partial charge in [0.05, 0.1) is 5.69 Å².